The van der Waals surface area contributed by atoms with Gasteiger partial charge in [0.15, 0.2) is 16.6 Å². The van der Waals surface area contributed by atoms with Crippen LogP contribution < -0.4 is 4.74 Å². The maximum absolute atomic E-state index is 12.2. The van der Waals surface area contributed by atoms with Crippen molar-refractivity contribution in [3.05, 3.63) is 17.2 Å². The predicted molar refractivity (Wildman–Crippen MR) is 38.6 cm³/mol. The predicted octanol–water partition coefficient (Wildman–Crippen LogP) is 2.16. The van der Waals surface area contributed by atoms with Gasteiger partial charge in [0.2, 0.25) is 0 Å². The Kier molecular flexibility index (Phi) is 2.60. The summed E-state index contributed by atoms with van der Waals surface area (Å²) >= 11 is 5.36. The van der Waals surface area contributed by atoms with Crippen molar-refractivity contribution in [3.8, 4) is 5.75 Å². The summed E-state index contributed by atoms with van der Waals surface area (Å²) < 4.78 is 41.0. The molecule has 0 fully saturated rings. The lowest BCUT2D eigenvalue weighted by Crippen LogP contribution is -2.10. The Balaban J connectivity index is 3.29. The van der Waals surface area contributed by atoms with Gasteiger partial charge in [-0.25, -0.2) is 9.97 Å². The average molecular weight is 213 g/mol. The molecule has 1 rings (SSSR count). The Morgan fingerprint density at radius 1 is 1.38 bits per heavy atom. The summed E-state index contributed by atoms with van der Waals surface area (Å²) in [6.45, 7) is 0. The van der Waals surface area contributed by atoms with Gasteiger partial charge in [-0.15, -0.1) is 0 Å². The summed E-state index contributed by atoms with van der Waals surface area (Å²) in [6.07, 6.45) is -3.86. The van der Waals surface area contributed by atoms with Crippen molar-refractivity contribution in [2.75, 3.05) is 7.11 Å². The number of hydrogen-bond acceptors (Lipinski definition) is 3. The van der Waals surface area contributed by atoms with Crippen LogP contribution >= 0.6 is 11.6 Å². The van der Waals surface area contributed by atoms with E-state index in [2.05, 4.69) is 14.7 Å². The van der Waals surface area contributed by atoms with Gasteiger partial charge in [-0.3, -0.25) is 0 Å². The summed E-state index contributed by atoms with van der Waals surface area (Å²) in [4.78, 5) is 6.39. The highest BCUT2D eigenvalue weighted by molar-refractivity contribution is 6.30. The van der Waals surface area contributed by atoms with Crippen LogP contribution in [0, 0.1) is 0 Å². The second-order valence-electron chi connectivity index (χ2n) is 2.04. The van der Waals surface area contributed by atoms with Crippen LogP contribution in [0.3, 0.4) is 0 Å². The molecular formula is C6H4ClF3N2O. The molecule has 13 heavy (non-hydrogen) atoms. The van der Waals surface area contributed by atoms with Crippen molar-refractivity contribution in [2.45, 2.75) is 6.18 Å². The van der Waals surface area contributed by atoms with Gasteiger partial charge in [0.1, 0.15) is 6.33 Å². The largest absolute Gasteiger partial charge is 0.491 e. The number of methoxy groups -OCH3 is 1. The first-order chi connectivity index (χ1) is 5.96. The lowest BCUT2D eigenvalue weighted by molar-refractivity contribution is -0.142. The summed E-state index contributed by atoms with van der Waals surface area (Å²) in [5.41, 5.74) is -1.17. The minimum absolute atomic E-state index is 0.357. The standard InChI is InChI=1S/C6H4ClF3N2O/c1-13-3-4(6(8,9)10)11-2-12-5(3)7/h2H,1H3. The van der Waals surface area contributed by atoms with E-state index in [0.29, 0.717) is 0 Å². The molecule has 0 aromatic carbocycles. The van der Waals surface area contributed by atoms with Crippen LogP contribution in [0.25, 0.3) is 0 Å². The van der Waals surface area contributed by atoms with E-state index in [1.165, 1.54) is 0 Å². The number of nitrogens with zero attached hydrogens (tertiary/aromatic N) is 2. The molecule has 3 nitrogen and oxygen atoms in total. The molecule has 0 radical (unpaired) electrons. The maximum Gasteiger partial charge on any atom is 0.437 e. The normalized spacial score (nSPS) is 11.5. The lowest BCUT2D eigenvalue weighted by atomic mass is 10.3. The van der Waals surface area contributed by atoms with Gasteiger partial charge >= 0.3 is 6.18 Å². The number of rotatable bonds is 1. The van der Waals surface area contributed by atoms with Gasteiger partial charge in [-0.1, -0.05) is 11.6 Å². The smallest absolute Gasteiger partial charge is 0.437 e. The third kappa shape index (κ3) is 2.00. The highest BCUT2D eigenvalue weighted by Gasteiger charge is 2.37. The van der Waals surface area contributed by atoms with Gasteiger partial charge in [0.05, 0.1) is 7.11 Å². The zero-order valence-electron chi connectivity index (χ0n) is 6.39. The molecule has 0 spiro atoms. The summed E-state index contributed by atoms with van der Waals surface area (Å²) in [5, 5.41) is -0.357. The first-order valence-electron chi connectivity index (χ1n) is 3.08. The van der Waals surface area contributed by atoms with Crippen LogP contribution in [0.4, 0.5) is 13.2 Å². The molecule has 1 heterocycles. The minimum Gasteiger partial charge on any atom is -0.491 e. The van der Waals surface area contributed by atoms with Crippen molar-refractivity contribution < 1.29 is 17.9 Å². The molecule has 0 N–H and O–H groups in total. The molecule has 0 bridgehead atoms. The highest BCUT2D eigenvalue weighted by atomic mass is 35.5. The van der Waals surface area contributed by atoms with Gasteiger partial charge in [-0.05, 0) is 0 Å². The van der Waals surface area contributed by atoms with E-state index in [9.17, 15) is 13.2 Å². The van der Waals surface area contributed by atoms with Gasteiger partial charge in [0, 0.05) is 0 Å². The van der Waals surface area contributed by atoms with Crippen LogP contribution in [0.5, 0.6) is 5.75 Å². The van der Waals surface area contributed by atoms with E-state index < -0.39 is 17.6 Å². The monoisotopic (exact) mass is 212 g/mol. The fourth-order valence-electron chi connectivity index (χ4n) is 0.735. The number of ether oxygens (including phenoxy) is 1. The fourth-order valence-corrected chi connectivity index (χ4v) is 0.945. The van der Waals surface area contributed by atoms with Crippen LogP contribution in [0.2, 0.25) is 5.15 Å². The Labute approximate surface area is 76.5 Å². The number of alkyl halides is 3. The van der Waals surface area contributed by atoms with Gasteiger partial charge in [-0.2, -0.15) is 13.2 Å². The molecule has 0 unspecified atom stereocenters. The SMILES string of the molecule is COc1c(Cl)ncnc1C(F)(F)F. The van der Waals surface area contributed by atoms with Crippen LogP contribution in [-0.4, -0.2) is 17.1 Å². The van der Waals surface area contributed by atoms with Gasteiger partial charge < -0.3 is 4.74 Å². The first-order valence-corrected chi connectivity index (χ1v) is 3.46. The molecule has 0 aliphatic carbocycles. The summed E-state index contributed by atoms with van der Waals surface area (Å²) in [7, 11) is 1.07. The molecule has 0 atom stereocenters. The molecule has 7 heteroatoms. The number of aromatic nitrogens is 2. The Morgan fingerprint density at radius 2 is 2.00 bits per heavy atom. The number of hydrogen-bond donors (Lipinski definition) is 0. The highest BCUT2D eigenvalue weighted by Crippen LogP contribution is 2.36. The van der Waals surface area contributed by atoms with E-state index in [0.717, 1.165) is 13.4 Å². The second-order valence-corrected chi connectivity index (χ2v) is 2.40. The van der Waals surface area contributed by atoms with E-state index in [-0.39, 0.29) is 5.15 Å². The molecular weight excluding hydrogens is 209 g/mol. The minimum atomic E-state index is -4.59. The number of halogens is 4. The van der Waals surface area contributed by atoms with Crippen molar-refractivity contribution >= 4 is 11.6 Å². The average Bonchev–Trinajstić information content (AvgIpc) is 2.02. The van der Waals surface area contributed by atoms with Crippen LogP contribution in [-0.2, 0) is 6.18 Å². The lowest BCUT2D eigenvalue weighted by Gasteiger charge is -2.10. The third-order valence-electron chi connectivity index (χ3n) is 1.23. The first kappa shape index (κ1) is 10.0. The third-order valence-corrected chi connectivity index (χ3v) is 1.50. The summed E-state index contributed by atoms with van der Waals surface area (Å²) in [5.74, 6) is -0.559. The van der Waals surface area contributed by atoms with Crippen LogP contribution in [0.15, 0.2) is 6.33 Å². The van der Waals surface area contributed by atoms with Gasteiger partial charge in [0.25, 0.3) is 0 Å². The van der Waals surface area contributed by atoms with Crippen LogP contribution in [0.1, 0.15) is 5.69 Å². The van der Waals surface area contributed by atoms with Crippen molar-refractivity contribution in [1.29, 1.82) is 0 Å². The van der Waals surface area contributed by atoms with E-state index in [1.54, 1.807) is 0 Å². The summed E-state index contributed by atoms with van der Waals surface area (Å²) in [6, 6.07) is 0. The Bertz CT molecular complexity index is 315. The fraction of sp³-hybridized carbons (Fsp3) is 0.333. The Hall–Kier alpha value is -1.04. The maximum atomic E-state index is 12.2. The zero-order chi connectivity index (χ0) is 10.1. The molecule has 0 aliphatic heterocycles. The van der Waals surface area contributed by atoms with Crippen molar-refractivity contribution in [3.63, 3.8) is 0 Å². The molecule has 1 aromatic rings. The molecule has 0 saturated carbocycles. The molecule has 1 aromatic heterocycles. The molecule has 0 aliphatic rings. The topological polar surface area (TPSA) is 35.0 Å². The quantitative estimate of drug-likeness (QED) is 0.669. The van der Waals surface area contributed by atoms with Crippen molar-refractivity contribution in [1.82, 2.24) is 9.97 Å². The van der Waals surface area contributed by atoms with E-state index >= 15 is 0 Å². The molecule has 0 amide bonds. The van der Waals surface area contributed by atoms with Crippen molar-refractivity contribution in [2.24, 2.45) is 0 Å². The van der Waals surface area contributed by atoms with E-state index in [1.807, 2.05) is 0 Å². The molecule has 0 saturated heterocycles. The second kappa shape index (κ2) is 3.37. The molecule has 72 valence electrons. The Morgan fingerprint density at radius 3 is 2.38 bits per heavy atom. The van der Waals surface area contributed by atoms with E-state index in [4.69, 9.17) is 11.6 Å². The zero-order valence-corrected chi connectivity index (χ0v) is 7.15.